The summed E-state index contributed by atoms with van der Waals surface area (Å²) >= 11 is 0. The summed E-state index contributed by atoms with van der Waals surface area (Å²) in [6, 6.07) is 3.76. The molecule has 0 aliphatic carbocycles. The molecule has 0 radical (unpaired) electrons. The number of aromatic nitrogens is 7. The Bertz CT molecular complexity index is 1060. The fourth-order valence-electron chi connectivity index (χ4n) is 2.77. The quantitative estimate of drug-likeness (QED) is 0.517. The molecule has 2 N–H and O–H groups in total. The van der Waals surface area contributed by atoms with Crippen LogP contribution in [0.15, 0.2) is 49.7 Å². The molecule has 0 atom stereocenters. The van der Waals surface area contributed by atoms with Gasteiger partial charge in [-0.1, -0.05) is 6.07 Å². The van der Waals surface area contributed by atoms with Crippen LogP contribution < -0.4 is 10.2 Å². The summed E-state index contributed by atoms with van der Waals surface area (Å²) in [6.45, 7) is 0.503. The van der Waals surface area contributed by atoms with Crippen molar-refractivity contribution >= 4 is 22.9 Å². The number of H-pyrrole nitrogens is 1. The molecule has 0 spiro atoms. The van der Waals surface area contributed by atoms with Gasteiger partial charge in [-0.2, -0.15) is 0 Å². The maximum Gasteiger partial charge on any atom is 0.239 e. The second kappa shape index (κ2) is 7.20. The summed E-state index contributed by atoms with van der Waals surface area (Å²) < 4.78 is 1.81. The van der Waals surface area contributed by atoms with Crippen molar-refractivity contribution in [2.24, 2.45) is 0 Å². The first kappa shape index (κ1) is 16.6. The van der Waals surface area contributed by atoms with Gasteiger partial charge >= 0.3 is 0 Å². The summed E-state index contributed by atoms with van der Waals surface area (Å²) in [4.78, 5) is 38.0. The number of hydrogen-bond acceptors (Lipinski definition) is 7. The maximum absolute atomic E-state index is 12.4. The van der Waals surface area contributed by atoms with E-state index in [2.05, 4.69) is 35.2 Å². The second-order valence-corrected chi connectivity index (χ2v) is 5.89. The topological polar surface area (TPSA) is 118 Å². The van der Waals surface area contributed by atoms with Crippen LogP contribution in [0.4, 0.5) is 5.82 Å². The number of likely N-dealkylation sites (N-methyl/N-ethyl adjacent to an activating group) is 1. The van der Waals surface area contributed by atoms with E-state index >= 15 is 0 Å². The van der Waals surface area contributed by atoms with E-state index in [9.17, 15) is 4.79 Å². The van der Waals surface area contributed by atoms with Gasteiger partial charge in [0.2, 0.25) is 5.91 Å². The Morgan fingerprint density at radius 2 is 2.19 bits per heavy atom. The van der Waals surface area contributed by atoms with Crippen molar-refractivity contribution in [2.75, 3.05) is 18.5 Å². The lowest BCUT2D eigenvalue weighted by Crippen LogP contribution is -2.35. The van der Waals surface area contributed by atoms with Crippen LogP contribution in [0.25, 0.3) is 17.0 Å². The molecule has 27 heavy (non-hydrogen) atoms. The Labute approximate surface area is 154 Å². The molecular formula is C17H17N9O. The normalized spacial score (nSPS) is 10.9. The first-order chi connectivity index (χ1) is 13.2. The standard InChI is InChI=1S/C17H17N9O/c1-25(17-14-15(22-9-21-14)23-10-24-17)8-13(27)20-7-12-3-2-4-19-16(12)26-6-5-18-11-26/h2-6,9-11H,7-8H2,1H3,(H,20,27)(H,21,22,23,24). The van der Waals surface area contributed by atoms with Crippen LogP contribution >= 0.6 is 0 Å². The third-order valence-electron chi connectivity index (χ3n) is 4.04. The largest absolute Gasteiger partial charge is 0.350 e. The first-order valence-corrected chi connectivity index (χ1v) is 8.26. The number of carbonyl (C=O) groups is 1. The number of rotatable bonds is 6. The summed E-state index contributed by atoms with van der Waals surface area (Å²) in [5.74, 6) is 1.22. The molecule has 0 saturated carbocycles. The van der Waals surface area contributed by atoms with Crippen LogP contribution in [0, 0.1) is 0 Å². The number of amides is 1. The molecule has 0 fully saturated rings. The van der Waals surface area contributed by atoms with Gasteiger partial charge in [0.05, 0.1) is 12.9 Å². The number of fused-ring (bicyclic) bond motifs is 1. The molecule has 0 aromatic carbocycles. The Morgan fingerprint density at radius 1 is 1.26 bits per heavy atom. The molecule has 0 unspecified atom stereocenters. The number of carbonyl (C=O) groups excluding carboxylic acids is 1. The minimum absolute atomic E-state index is 0.135. The van der Waals surface area contributed by atoms with E-state index in [4.69, 9.17) is 0 Å². The predicted molar refractivity (Wildman–Crippen MR) is 98.2 cm³/mol. The molecular weight excluding hydrogens is 346 g/mol. The number of imidazole rings is 2. The summed E-state index contributed by atoms with van der Waals surface area (Å²) in [6.07, 6.45) is 9.86. The smallest absolute Gasteiger partial charge is 0.239 e. The van der Waals surface area contributed by atoms with Gasteiger partial charge < -0.3 is 15.2 Å². The summed E-state index contributed by atoms with van der Waals surface area (Å²) in [7, 11) is 1.79. The zero-order valence-corrected chi connectivity index (χ0v) is 14.6. The van der Waals surface area contributed by atoms with Gasteiger partial charge in [-0.05, 0) is 6.07 Å². The lowest BCUT2D eigenvalue weighted by molar-refractivity contribution is -0.119. The van der Waals surface area contributed by atoms with Crippen LogP contribution in [0.1, 0.15) is 5.56 Å². The lowest BCUT2D eigenvalue weighted by atomic mass is 10.2. The van der Waals surface area contributed by atoms with E-state index < -0.39 is 0 Å². The molecule has 10 heteroatoms. The Balaban J connectivity index is 1.43. The minimum Gasteiger partial charge on any atom is -0.350 e. The van der Waals surface area contributed by atoms with Crippen molar-refractivity contribution in [1.29, 1.82) is 0 Å². The minimum atomic E-state index is -0.135. The highest BCUT2D eigenvalue weighted by molar-refractivity contribution is 5.87. The maximum atomic E-state index is 12.4. The van der Waals surface area contributed by atoms with Crippen LogP contribution in [0.5, 0.6) is 0 Å². The SMILES string of the molecule is CN(CC(=O)NCc1cccnc1-n1ccnc1)c1ncnc2nc[nH]c12. The average molecular weight is 363 g/mol. The first-order valence-electron chi connectivity index (χ1n) is 8.26. The van der Waals surface area contributed by atoms with Crippen LogP contribution in [0.2, 0.25) is 0 Å². The van der Waals surface area contributed by atoms with Crippen molar-refractivity contribution in [3.8, 4) is 5.82 Å². The molecule has 136 valence electrons. The monoisotopic (exact) mass is 363 g/mol. The van der Waals surface area contributed by atoms with Gasteiger partial charge in [-0.25, -0.2) is 24.9 Å². The molecule has 0 aliphatic heterocycles. The molecule has 10 nitrogen and oxygen atoms in total. The lowest BCUT2D eigenvalue weighted by Gasteiger charge is -2.18. The highest BCUT2D eigenvalue weighted by atomic mass is 16.2. The molecule has 4 heterocycles. The van der Waals surface area contributed by atoms with Crippen molar-refractivity contribution in [3.63, 3.8) is 0 Å². The van der Waals surface area contributed by atoms with Crippen molar-refractivity contribution in [2.45, 2.75) is 6.54 Å². The number of nitrogens with one attached hydrogen (secondary N) is 2. The zero-order valence-electron chi connectivity index (χ0n) is 14.6. The highest BCUT2D eigenvalue weighted by Gasteiger charge is 2.14. The van der Waals surface area contributed by atoms with Gasteiger partial charge in [-0.15, -0.1) is 0 Å². The van der Waals surface area contributed by atoms with Crippen molar-refractivity contribution < 1.29 is 4.79 Å². The third kappa shape index (κ3) is 3.45. The number of anilines is 1. The average Bonchev–Trinajstić information content (AvgIpc) is 3.37. The van der Waals surface area contributed by atoms with Gasteiger partial charge in [0.25, 0.3) is 0 Å². The molecule has 0 aliphatic rings. The molecule has 4 aromatic heterocycles. The van der Waals surface area contributed by atoms with E-state index in [1.54, 1.807) is 37.0 Å². The molecule has 0 saturated heterocycles. The molecule has 4 aromatic rings. The van der Waals surface area contributed by atoms with Gasteiger partial charge in [0.1, 0.15) is 24.0 Å². The summed E-state index contributed by atoms with van der Waals surface area (Å²) in [5.41, 5.74) is 2.15. The summed E-state index contributed by atoms with van der Waals surface area (Å²) in [5, 5.41) is 2.92. The molecule has 1 amide bonds. The number of hydrogen-bond donors (Lipinski definition) is 2. The van der Waals surface area contributed by atoms with E-state index in [0.717, 1.165) is 11.4 Å². The Kier molecular flexibility index (Phi) is 4.44. The van der Waals surface area contributed by atoms with Crippen molar-refractivity contribution in [3.05, 3.63) is 55.3 Å². The molecule has 4 rings (SSSR count). The Morgan fingerprint density at radius 3 is 3.04 bits per heavy atom. The van der Waals surface area contributed by atoms with E-state index in [-0.39, 0.29) is 12.5 Å². The van der Waals surface area contributed by atoms with Crippen LogP contribution in [0.3, 0.4) is 0 Å². The zero-order chi connectivity index (χ0) is 18.6. The fraction of sp³-hybridized carbons (Fsp3) is 0.176. The van der Waals surface area contributed by atoms with Gasteiger partial charge in [-0.3, -0.25) is 9.36 Å². The number of pyridine rings is 1. The Hall–Kier alpha value is -3.82. The van der Waals surface area contributed by atoms with Crippen molar-refractivity contribution in [1.82, 2.24) is 39.8 Å². The number of aromatic amines is 1. The third-order valence-corrected chi connectivity index (χ3v) is 4.04. The van der Waals surface area contributed by atoms with E-state index in [1.165, 1.54) is 6.33 Å². The van der Waals surface area contributed by atoms with Crippen LogP contribution in [-0.4, -0.2) is 54.0 Å². The van der Waals surface area contributed by atoms with E-state index in [0.29, 0.717) is 23.5 Å². The second-order valence-electron chi connectivity index (χ2n) is 5.89. The van der Waals surface area contributed by atoms with Gasteiger partial charge in [0, 0.05) is 37.7 Å². The van der Waals surface area contributed by atoms with E-state index in [1.807, 2.05) is 22.9 Å². The van der Waals surface area contributed by atoms with Gasteiger partial charge in [0.15, 0.2) is 11.5 Å². The highest BCUT2D eigenvalue weighted by Crippen LogP contribution is 2.17. The predicted octanol–water partition coefficient (Wildman–Crippen LogP) is 0.686. The fourth-order valence-corrected chi connectivity index (χ4v) is 2.77. The number of nitrogens with zero attached hydrogens (tertiary/aromatic N) is 7. The van der Waals surface area contributed by atoms with Crippen LogP contribution in [-0.2, 0) is 11.3 Å². The molecule has 0 bridgehead atoms.